The number of aromatic nitrogens is 1. The lowest BCUT2D eigenvalue weighted by molar-refractivity contribution is -0.139. The van der Waals surface area contributed by atoms with Gasteiger partial charge in [0.2, 0.25) is 23.6 Å². The lowest BCUT2D eigenvalue weighted by atomic mass is 10.0. The molecule has 8 amide bonds. The molecule has 0 saturated carbocycles. The maximum Gasteiger partial charge on any atom is 0.326 e. The molecule has 0 fully saturated rings. The van der Waals surface area contributed by atoms with Gasteiger partial charge in [-0.05, 0) is 181 Å². The molecule has 0 unspecified atom stereocenters. The fourth-order valence-corrected chi connectivity index (χ4v) is 10.4. The van der Waals surface area contributed by atoms with Crippen LogP contribution in [0, 0.1) is 0 Å². The number of methoxy groups -OCH3 is 4. The summed E-state index contributed by atoms with van der Waals surface area (Å²) in [6.07, 6.45) is 6.59. The Morgan fingerprint density at radius 2 is 0.737 bits per heavy atom. The number of amides is 8. The quantitative estimate of drug-likeness (QED) is 0.0234. The molecule has 5 atom stereocenters. The van der Waals surface area contributed by atoms with Crippen LogP contribution in [0.1, 0.15) is 124 Å². The molecule has 0 bridgehead atoms. The van der Waals surface area contributed by atoms with E-state index in [1.165, 1.54) is 95.2 Å². The third-order valence-corrected chi connectivity index (χ3v) is 15.6. The summed E-state index contributed by atoms with van der Waals surface area (Å²) in [5.41, 5.74) is 31.1. The summed E-state index contributed by atoms with van der Waals surface area (Å²) >= 11 is 0. The second-order valence-corrected chi connectivity index (χ2v) is 22.4. The van der Waals surface area contributed by atoms with Gasteiger partial charge in [-0.1, -0.05) is 24.6 Å². The summed E-state index contributed by atoms with van der Waals surface area (Å²) in [5, 5.41) is 32.9. The van der Waals surface area contributed by atoms with Crippen LogP contribution in [-0.2, 0) is 30.4 Å². The molecular weight excluding hydrogens is 1220 g/mol. The normalized spacial score (nSPS) is 12.6. The highest BCUT2D eigenvalue weighted by atomic mass is 16.5. The maximum absolute atomic E-state index is 14.4. The molecule has 0 radical (unpaired) electrons. The van der Waals surface area contributed by atoms with Gasteiger partial charge in [-0.3, -0.25) is 38.4 Å². The predicted octanol–water partition coefficient (Wildman–Crippen LogP) is 4.62. The minimum Gasteiger partial charge on any atom is -0.496 e. The number of carbonyl (C=O) groups excluding carboxylic acids is 8. The molecular formula is C67H88N14O14. The van der Waals surface area contributed by atoms with Crippen molar-refractivity contribution in [3.8, 4) is 23.0 Å². The average molecular weight is 1310 g/mol. The number of carboxylic acid groups (broad SMARTS) is 1. The number of fused-ring (bicyclic) bond motifs is 1. The molecule has 510 valence electrons. The lowest BCUT2D eigenvalue weighted by Crippen LogP contribution is -2.44. The number of unbranched alkanes of at least 4 members (excludes halogenated alkanes) is 4. The topological polar surface area (TPSA) is 453 Å². The largest absolute Gasteiger partial charge is 0.496 e. The Morgan fingerprint density at radius 1 is 0.421 bits per heavy atom. The minimum atomic E-state index is -1.34. The van der Waals surface area contributed by atoms with Gasteiger partial charge >= 0.3 is 5.97 Å². The molecule has 20 N–H and O–H groups in total. The first-order valence-electron chi connectivity index (χ1n) is 31.3. The van der Waals surface area contributed by atoms with E-state index in [1.807, 2.05) is 24.3 Å². The second kappa shape index (κ2) is 37.5. The van der Waals surface area contributed by atoms with E-state index in [1.54, 1.807) is 12.3 Å². The lowest BCUT2D eigenvalue weighted by Gasteiger charge is -2.22. The number of para-hydroxylation sites is 1. The van der Waals surface area contributed by atoms with Crippen molar-refractivity contribution in [2.24, 2.45) is 28.7 Å². The van der Waals surface area contributed by atoms with Gasteiger partial charge in [-0.15, -0.1) is 0 Å². The van der Waals surface area contributed by atoms with Crippen molar-refractivity contribution in [1.29, 1.82) is 0 Å². The Balaban J connectivity index is 1.16. The van der Waals surface area contributed by atoms with Crippen molar-refractivity contribution >= 4 is 86.9 Å². The fourth-order valence-electron chi connectivity index (χ4n) is 10.4. The van der Waals surface area contributed by atoms with Crippen molar-refractivity contribution in [2.45, 2.75) is 114 Å². The molecule has 0 aliphatic rings. The van der Waals surface area contributed by atoms with Gasteiger partial charge in [0.15, 0.2) is 0 Å². The van der Waals surface area contributed by atoms with Gasteiger partial charge in [0, 0.05) is 46.3 Å². The predicted molar refractivity (Wildman–Crippen MR) is 361 cm³/mol. The first-order valence-corrected chi connectivity index (χ1v) is 31.3. The van der Waals surface area contributed by atoms with E-state index in [9.17, 15) is 48.3 Å². The van der Waals surface area contributed by atoms with E-state index in [0.29, 0.717) is 83.0 Å². The number of hydrogen-bond donors (Lipinski definition) is 15. The standard InChI is InChI=1S/C67H88N14O14/c1-92-55-25-21-40(74-63(86)49(72)16-7-11-29-68)34-45(55)59(82)78-51(18-8-12-30-69)64(87)75-41-22-26-56(93-2)46(35-41)60(83)79-52(19-9-13-31-70)65(88)76-42-23-27-57(94-3)47(36-42)61(84)80-53(20-10-14-32-71)66(89)77-43-24-28-58(95-4)48(37-43)62(85)81-54(67(90)91)33-39-38-73-50-17-6-5-15-44(39)50/h5-6,15,17,21-28,34-38,49,51-54,73H,7-14,16,18-20,29-33,68-72H2,1-4H3,(H,74,86)(H,75,87)(H,76,88)(H,77,89)(H,78,82)(H,79,83)(H,80,84)(H,81,85)(H,90,91)/t49-,51-,52-,53-,54-/m0/s1. The van der Waals surface area contributed by atoms with Gasteiger partial charge in [0.1, 0.15) is 47.2 Å². The van der Waals surface area contributed by atoms with Crippen molar-refractivity contribution in [3.63, 3.8) is 0 Å². The number of nitrogens with one attached hydrogen (secondary N) is 9. The zero-order valence-corrected chi connectivity index (χ0v) is 53.9. The van der Waals surface area contributed by atoms with Crippen LogP contribution < -0.4 is 90.2 Å². The molecule has 1 aromatic heterocycles. The number of ether oxygens (including phenoxy) is 4. The van der Waals surface area contributed by atoms with Crippen LogP contribution in [-0.4, -0.2) is 148 Å². The molecule has 0 aliphatic carbocycles. The van der Waals surface area contributed by atoms with Crippen molar-refractivity contribution in [2.75, 3.05) is 75.9 Å². The van der Waals surface area contributed by atoms with E-state index in [4.69, 9.17) is 47.6 Å². The highest BCUT2D eigenvalue weighted by Gasteiger charge is 2.30. The summed E-state index contributed by atoms with van der Waals surface area (Å²) < 4.78 is 22.0. The van der Waals surface area contributed by atoms with Crippen molar-refractivity contribution in [3.05, 3.63) is 131 Å². The average Bonchev–Trinajstić information content (AvgIpc) is 1.78. The Hall–Kier alpha value is -10.1. The molecule has 0 aliphatic heterocycles. The van der Waals surface area contributed by atoms with E-state index in [2.05, 4.69) is 47.5 Å². The van der Waals surface area contributed by atoms with Crippen LogP contribution in [0.5, 0.6) is 23.0 Å². The Morgan fingerprint density at radius 3 is 1.06 bits per heavy atom. The smallest absolute Gasteiger partial charge is 0.326 e. The van der Waals surface area contributed by atoms with Crippen LogP contribution in [0.25, 0.3) is 10.9 Å². The number of carbonyl (C=O) groups is 9. The minimum absolute atomic E-state index is 0.0220. The number of aliphatic carboxylic acids is 1. The third-order valence-electron chi connectivity index (χ3n) is 15.6. The number of anilines is 4. The molecule has 6 rings (SSSR count). The molecule has 0 saturated heterocycles. The molecule has 5 aromatic carbocycles. The van der Waals surface area contributed by atoms with E-state index < -0.39 is 83.4 Å². The number of benzene rings is 5. The molecule has 28 nitrogen and oxygen atoms in total. The van der Waals surface area contributed by atoms with Crippen LogP contribution in [0.15, 0.2) is 103 Å². The summed E-state index contributed by atoms with van der Waals surface area (Å²) in [6, 6.07) is 18.9. The molecule has 28 heteroatoms. The van der Waals surface area contributed by atoms with Crippen LogP contribution in [0.4, 0.5) is 22.7 Å². The number of aromatic amines is 1. The summed E-state index contributed by atoms with van der Waals surface area (Å²) in [6.45, 7) is 1.37. The number of carboxylic acids is 1. The van der Waals surface area contributed by atoms with Crippen LogP contribution in [0.3, 0.4) is 0 Å². The molecule has 0 spiro atoms. The van der Waals surface area contributed by atoms with Gasteiger partial charge in [0.25, 0.3) is 23.6 Å². The fraction of sp³-hybridized carbons (Fsp3) is 0.388. The summed E-state index contributed by atoms with van der Waals surface area (Å²) in [4.78, 5) is 128. The Labute approximate surface area is 550 Å². The zero-order chi connectivity index (χ0) is 69.0. The van der Waals surface area contributed by atoms with Crippen molar-refractivity contribution in [1.82, 2.24) is 26.3 Å². The monoisotopic (exact) mass is 1310 g/mol. The van der Waals surface area contributed by atoms with Crippen molar-refractivity contribution < 1.29 is 67.2 Å². The van der Waals surface area contributed by atoms with Crippen LogP contribution >= 0.6 is 0 Å². The molecule has 95 heavy (non-hydrogen) atoms. The molecule has 1 heterocycles. The first kappa shape index (κ1) is 73.9. The summed E-state index contributed by atoms with van der Waals surface area (Å²) in [7, 11) is 5.38. The second-order valence-electron chi connectivity index (χ2n) is 22.4. The maximum atomic E-state index is 14.4. The summed E-state index contributed by atoms with van der Waals surface area (Å²) in [5.74, 6) is -6.32. The van der Waals surface area contributed by atoms with Gasteiger partial charge in [-0.2, -0.15) is 0 Å². The SMILES string of the molecule is COc1ccc(NC(=O)[C@H](CCCCN)NC(=O)c2cc(NC(=O)[C@H](CCCCN)NC(=O)c3cc(NC(=O)[C@H](CCCCN)NC(=O)c4cc(NC(=O)[C@@H](N)CCCCN)ccc4OC)ccc3OC)ccc2OC)cc1C(=O)N[C@@H](Cc1c[nH]c2ccccc12)C(=O)O. The van der Waals surface area contributed by atoms with Gasteiger partial charge in [0.05, 0.1) is 56.7 Å². The highest BCUT2D eigenvalue weighted by molar-refractivity contribution is 6.08. The Kier molecular flexibility index (Phi) is 29.2. The van der Waals surface area contributed by atoms with E-state index in [0.717, 1.165) is 10.9 Å². The first-order chi connectivity index (χ1) is 45.8. The van der Waals surface area contributed by atoms with Crippen LogP contribution in [0.2, 0.25) is 0 Å². The van der Waals surface area contributed by atoms with Gasteiger partial charge < -0.3 is 100 Å². The van der Waals surface area contributed by atoms with Gasteiger partial charge in [-0.25, -0.2) is 4.79 Å². The zero-order valence-electron chi connectivity index (χ0n) is 53.9. The highest BCUT2D eigenvalue weighted by Crippen LogP contribution is 2.29. The number of H-pyrrole nitrogens is 1. The number of hydrogen-bond acceptors (Lipinski definition) is 18. The molecule has 6 aromatic rings. The van der Waals surface area contributed by atoms with E-state index >= 15 is 0 Å². The Bertz CT molecular complexity index is 3640. The van der Waals surface area contributed by atoms with E-state index in [-0.39, 0.29) is 100 Å². The number of rotatable bonds is 39. The third kappa shape index (κ3) is 21.5. The number of nitrogens with two attached hydrogens (primary N) is 5.